The van der Waals surface area contributed by atoms with E-state index in [-0.39, 0.29) is 11.2 Å². The minimum atomic E-state index is -0.156. The highest BCUT2D eigenvalue weighted by atomic mass is 32.2. The third-order valence-electron chi connectivity index (χ3n) is 2.57. The molecule has 2 heterocycles. The molecule has 19 heavy (non-hydrogen) atoms. The van der Waals surface area contributed by atoms with E-state index in [0.717, 1.165) is 15.2 Å². The van der Waals surface area contributed by atoms with E-state index in [4.69, 9.17) is 0 Å². The number of hydrogen-bond donors (Lipinski definition) is 1. The van der Waals surface area contributed by atoms with Gasteiger partial charge in [-0.05, 0) is 24.3 Å². The van der Waals surface area contributed by atoms with Crippen molar-refractivity contribution in [1.82, 2.24) is 15.3 Å². The van der Waals surface area contributed by atoms with Crippen LogP contribution in [0.3, 0.4) is 0 Å². The van der Waals surface area contributed by atoms with E-state index < -0.39 is 0 Å². The lowest BCUT2D eigenvalue weighted by Gasteiger charge is -2.13. The van der Waals surface area contributed by atoms with Gasteiger partial charge in [0.15, 0.2) is 0 Å². The van der Waals surface area contributed by atoms with E-state index in [1.165, 1.54) is 11.8 Å². The van der Waals surface area contributed by atoms with Gasteiger partial charge >= 0.3 is 0 Å². The van der Waals surface area contributed by atoms with Crippen molar-refractivity contribution in [3.8, 4) is 0 Å². The smallest absolute Gasteiger partial charge is 0.233 e. The lowest BCUT2D eigenvalue weighted by molar-refractivity contribution is -0.120. The van der Waals surface area contributed by atoms with Crippen molar-refractivity contribution >= 4 is 39.2 Å². The summed E-state index contributed by atoms with van der Waals surface area (Å²) in [7, 11) is 0. The summed E-state index contributed by atoms with van der Waals surface area (Å²) in [5.74, 6) is 0.518. The van der Waals surface area contributed by atoms with Gasteiger partial charge in [-0.25, -0.2) is 9.97 Å². The summed E-state index contributed by atoms with van der Waals surface area (Å²) >= 11 is 3.07. The molecule has 0 spiro atoms. The molecule has 102 valence electrons. The number of carbonyl (C=O) groups is 1. The Kier molecular flexibility index (Phi) is 4.76. The number of aromatic nitrogens is 2. The summed E-state index contributed by atoms with van der Waals surface area (Å²) in [5.41, 5.74) is 0. The van der Waals surface area contributed by atoms with E-state index in [9.17, 15) is 4.79 Å². The van der Waals surface area contributed by atoms with Crippen LogP contribution in [0.25, 0.3) is 10.2 Å². The molecule has 1 N–H and O–H groups in total. The lowest BCUT2D eigenvalue weighted by Crippen LogP contribution is -2.33. The van der Waals surface area contributed by atoms with E-state index in [1.54, 1.807) is 17.7 Å². The number of thioether (sulfide) groups is 1. The third kappa shape index (κ3) is 3.67. The highest BCUT2D eigenvalue weighted by Gasteiger charge is 2.17. The predicted molar refractivity (Wildman–Crippen MR) is 80.6 cm³/mol. The van der Waals surface area contributed by atoms with Crippen LogP contribution in [0.15, 0.2) is 22.8 Å². The van der Waals surface area contributed by atoms with Crippen LogP contribution in [-0.2, 0) is 4.79 Å². The third-order valence-corrected chi connectivity index (χ3v) is 4.50. The number of nitrogens with zero attached hydrogens (tertiary/aromatic N) is 2. The predicted octanol–water partition coefficient (Wildman–Crippen LogP) is 2.94. The summed E-state index contributed by atoms with van der Waals surface area (Å²) in [5, 5.41) is 6.68. The Labute approximate surface area is 121 Å². The Morgan fingerprint density at radius 1 is 1.42 bits per heavy atom. The fraction of sp³-hybridized carbons (Fsp3) is 0.462. The minimum absolute atomic E-state index is 0.0562. The van der Waals surface area contributed by atoms with Gasteiger partial charge in [-0.2, -0.15) is 0 Å². The van der Waals surface area contributed by atoms with Gasteiger partial charge in [0.2, 0.25) is 5.91 Å². The van der Waals surface area contributed by atoms with Gasteiger partial charge in [0, 0.05) is 11.9 Å². The first-order valence-electron chi connectivity index (χ1n) is 6.20. The highest BCUT2D eigenvalue weighted by molar-refractivity contribution is 8.00. The number of carbonyl (C=O) groups excluding carboxylic acids is 1. The molecule has 0 unspecified atom stereocenters. The molecule has 4 nitrogen and oxygen atoms in total. The maximum Gasteiger partial charge on any atom is 0.233 e. The normalized spacial score (nSPS) is 12.8. The number of amides is 1. The molecule has 1 amide bonds. The first-order chi connectivity index (χ1) is 9.08. The van der Waals surface area contributed by atoms with Gasteiger partial charge in [0.25, 0.3) is 0 Å². The van der Waals surface area contributed by atoms with Crippen LogP contribution in [0.1, 0.15) is 20.8 Å². The number of nitrogens with one attached hydrogen (secondary N) is 1. The zero-order chi connectivity index (χ0) is 13.8. The molecule has 0 fully saturated rings. The molecule has 0 bridgehead atoms. The van der Waals surface area contributed by atoms with Gasteiger partial charge < -0.3 is 5.32 Å². The molecule has 1 atom stereocenters. The quantitative estimate of drug-likeness (QED) is 0.680. The van der Waals surface area contributed by atoms with Crippen LogP contribution >= 0.6 is 23.1 Å². The van der Waals surface area contributed by atoms with Crippen molar-refractivity contribution < 1.29 is 4.79 Å². The molecular weight excluding hydrogens is 278 g/mol. The fourth-order valence-corrected chi connectivity index (χ4v) is 3.25. The molecule has 0 saturated carbocycles. The van der Waals surface area contributed by atoms with Crippen molar-refractivity contribution in [3.63, 3.8) is 0 Å². The largest absolute Gasteiger partial charge is 0.355 e. The van der Waals surface area contributed by atoms with Crippen LogP contribution in [0.2, 0.25) is 0 Å². The number of hydrogen-bond acceptors (Lipinski definition) is 5. The van der Waals surface area contributed by atoms with Gasteiger partial charge in [-0.1, -0.05) is 25.6 Å². The topological polar surface area (TPSA) is 54.9 Å². The molecule has 0 saturated heterocycles. The molecule has 0 aliphatic rings. The van der Waals surface area contributed by atoms with Crippen LogP contribution in [-0.4, -0.2) is 27.7 Å². The Hall–Kier alpha value is -1.14. The van der Waals surface area contributed by atoms with Crippen molar-refractivity contribution in [2.45, 2.75) is 31.0 Å². The average molecular weight is 295 g/mol. The molecule has 2 aromatic heterocycles. The zero-order valence-electron chi connectivity index (χ0n) is 11.2. The molecule has 6 heteroatoms. The first-order valence-corrected chi connectivity index (χ1v) is 7.96. The maximum absolute atomic E-state index is 12.0. The maximum atomic E-state index is 12.0. The van der Waals surface area contributed by atoms with Crippen molar-refractivity contribution in [2.24, 2.45) is 5.92 Å². The summed E-state index contributed by atoms with van der Waals surface area (Å²) in [6, 6.07) is 2.00. The van der Waals surface area contributed by atoms with Crippen LogP contribution in [0.4, 0.5) is 0 Å². The SMILES string of the molecule is CC(C)CNC(=O)[C@@H](C)Sc1ncnc2sccc12. The summed E-state index contributed by atoms with van der Waals surface area (Å²) in [6.45, 7) is 6.77. The number of thiophene rings is 1. The molecule has 0 aromatic carbocycles. The number of fused-ring (bicyclic) bond motifs is 1. The molecule has 0 aliphatic heterocycles. The van der Waals surface area contributed by atoms with Crippen LogP contribution in [0.5, 0.6) is 0 Å². The lowest BCUT2D eigenvalue weighted by atomic mass is 10.2. The average Bonchev–Trinajstić information content (AvgIpc) is 2.85. The first kappa shape index (κ1) is 14.3. The van der Waals surface area contributed by atoms with Gasteiger partial charge in [0.05, 0.1) is 5.25 Å². The van der Waals surface area contributed by atoms with Crippen LogP contribution < -0.4 is 5.32 Å². The van der Waals surface area contributed by atoms with E-state index in [0.29, 0.717) is 12.5 Å². The molecule has 0 radical (unpaired) electrons. The number of rotatable bonds is 5. The van der Waals surface area contributed by atoms with Crippen molar-refractivity contribution in [2.75, 3.05) is 6.54 Å². The highest BCUT2D eigenvalue weighted by Crippen LogP contribution is 2.30. The Balaban J connectivity index is 2.04. The second-order valence-electron chi connectivity index (χ2n) is 4.72. The van der Waals surface area contributed by atoms with E-state index in [1.807, 2.05) is 18.4 Å². The summed E-state index contributed by atoms with van der Waals surface area (Å²) in [6.07, 6.45) is 1.56. The van der Waals surface area contributed by atoms with Crippen molar-refractivity contribution in [3.05, 3.63) is 17.8 Å². The molecule has 2 rings (SSSR count). The fourth-order valence-electron chi connectivity index (χ4n) is 1.53. The molecule has 2 aromatic rings. The monoisotopic (exact) mass is 295 g/mol. The standard InChI is InChI=1S/C13H17N3OS2/c1-8(2)6-14-11(17)9(3)19-13-10-4-5-18-12(10)15-7-16-13/h4-5,7-9H,6H2,1-3H3,(H,14,17)/t9-/m1/s1. The second kappa shape index (κ2) is 6.34. The summed E-state index contributed by atoms with van der Waals surface area (Å²) in [4.78, 5) is 21.4. The van der Waals surface area contributed by atoms with Gasteiger partial charge in [0.1, 0.15) is 16.2 Å². The second-order valence-corrected chi connectivity index (χ2v) is 6.94. The molecular formula is C13H17N3OS2. The van der Waals surface area contributed by atoms with Gasteiger partial charge in [-0.15, -0.1) is 11.3 Å². The Morgan fingerprint density at radius 3 is 2.95 bits per heavy atom. The van der Waals surface area contributed by atoms with E-state index in [2.05, 4.69) is 29.1 Å². The van der Waals surface area contributed by atoms with Gasteiger partial charge in [-0.3, -0.25) is 4.79 Å². The van der Waals surface area contributed by atoms with Crippen LogP contribution in [0, 0.1) is 5.92 Å². The molecule has 0 aliphatic carbocycles. The van der Waals surface area contributed by atoms with E-state index >= 15 is 0 Å². The Morgan fingerprint density at radius 2 is 2.21 bits per heavy atom. The minimum Gasteiger partial charge on any atom is -0.355 e. The summed E-state index contributed by atoms with van der Waals surface area (Å²) < 4.78 is 0. The zero-order valence-corrected chi connectivity index (χ0v) is 12.8. The Bertz CT molecular complexity index is 568. The van der Waals surface area contributed by atoms with Crippen molar-refractivity contribution in [1.29, 1.82) is 0 Å².